The fourth-order valence-corrected chi connectivity index (χ4v) is 1.29. The van der Waals surface area contributed by atoms with Crippen LogP contribution in [0.4, 0.5) is 13.2 Å². The van der Waals surface area contributed by atoms with Gasteiger partial charge in [-0.25, -0.2) is 4.98 Å². The first-order valence-corrected chi connectivity index (χ1v) is 4.58. The number of halogens is 5. The number of nitrogens with one attached hydrogen (secondary N) is 1. The summed E-state index contributed by atoms with van der Waals surface area (Å²) in [6.45, 7) is 0. The number of rotatable bonds is 1. The highest BCUT2D eigenvalue weighted by molar-refractivity contribution is 5.54. The fourth-order valence-electron chi connectivity index (χ4n) is 1.29. The molecule has 0 aliphatic carbocycles. The van der Waals surface area contributed by atoms with Gasteiger partial charge in [0.25, 0.3) is 0 Å². The van der Waals surface area contributed by atoms with Crippen LogP contribution in [-0.4, -0.2) is 4.98 Å². The molecule has 0 atom stereocenters. The molecule has 0 amide bonds. The van der Waals surface area contributed by atoms with Crippen LogP contribution in [-0.2, 0) is 6.18 Å². The second kappa shape index (κ2) is 6.56. The summed E-state index contributed by atoms with van der Waals surface area (Å²) in [5, 5.41) is 0. The van der Waals surface area contributed by atoms with Crippen molar-refractivity contribution < 1.29 is 43.0 Å². The number of aromatic nitrogens is 2. The van der Waals surface area contributed by atoms with Gasteiger partial charge in [0.2, 0.25) is 5.69 Å². The molecule has 0 aliphatic heterocycles. The topological polar surface area (TPSA) is 27.0 Å². The van der Waals surface area contributed by atoms with Crippen LogP contribution in [0, 0.1) is 0 Å². The first kappa shape index (κ1) is 16.7. The number of hydrogen-bond acceptors (Lipinski definition) is 1. The van der Waals surface area contributed by atoms with Crippen molar-refractivity contribution in [3.05, 3.63) is 48.4 Å². The molecule has 7 heteroatoms. The molecular formula is C11H8Cl2F3N2-. The van der Waals surface area contributed by atoms with Crippen LogP contribution in [0.2, 0.25) is 0 Å². The predicted octanol–water partition coefficient (Wildman–Crippen LogP) is -3.41. The van der Waals surface area contributed by atoms with Crippen molar-refractivity contribution in [2.75, 3.05) is 0 Å². The van der Waals surface area contributed by atoms with Gasteiger partial charge in [0.1, 0.15) is 5.69 Å². The number of nitrogens with zero attached hydrogens (tertiary/aromatic N) is 1. The summed E-state index contributed by atoms with van der Waals surface area (Å²) in [6.07, 6.45) is -1.49. The van der Waals surface area contributed by atoms with E-state index in [2.05, 4.69) is 9.97 Å². The second-order valence-corrected chi connectivity index (χ2v) is 3.21. The molecule has 0 spiro atoms. The highest BCUT2D eigenvalue weighted by atomic mass is 35.5. The molecule has 2 aromatic rings. The van der Waals surface area contributed by atoms with Crippen molar-refractivity contribution in [3.8, 4) is 11.3 Å². The van der Waals surface area contributed by atoms with Crippen LogP contribution >= 0.6 is 0 Å². The summed E-state index contributed by atoms with van der Waals surface area (Å²) < 4.78 is 36.8. The Labute approximate surface area is 114 Å². The average molecular weight is 296 g/mol. The molecule has 0 saturated carbocycles. The van der Waals surface area contributed by atoms with Gasteiger partial charge in [-0.3, -0.25) is 4.98 Å². The molecule has 2 nitrogen and oxygen atoms in total. The Morgan fingerprint density at radius 1 is 1.00 bits per heavy atom. The lowest BCUT2D eigenvalue weighted by Crippen LogP contribution is -3.00. The Kier molecular flexibility index (Phi) is 6.08. The lowest BCUT2D eigenvalue weighted by Gasteiger charge is -2.04. The van der Waals surface area contributed by atoms with Crippen molar-refractivity contribution in [3.63, 3.8) is 0 Å². The van der Waals surface area contributed by atoms with Crippen LogP contribution in [0.1, 0.15) is 5.69 Å². The van der Waals surface area contributed by atoms with Gasteiger partial charge in [-0.2, -0.15) is 13.2 Å². The van der Waals surface area contributed by atoms with Crippen LogP contribution in [0.15, 0.2) is 42.7 Å². The summed E-state index contributed by atoms with van der Waals surface area (Å²) in [5.41, 5.74) is 0.463. The first-order chi connectivity index (χ1) is 7.57. The third-order valence-electron chi connectivity index (χ3n) is 2.07. The van der Waals surface area contributed by atoms with E-state index in [4.69, 9.17) is 0 Å². The minimum Gasteiger partial charge on any atom is -1.00 e. The van der Waals surface area contributed by atoms with Gasteiger partial charge in [0.05, 0.1) is 5.56 Å². The Morgan fingerprint density at radius 2 is 1.72 bits per heavy atom. The van der Waals surface area contributed by atoms with Crippen LogP contribution in [0.3, 0.4) is 0 Å². The van der Waals surface area contributed by atoms with Gasteiger partial charge in [0, 0.05) is 18.3 Å². The van der Waals surface area contributed by atoms with E-state index in [0.29, 0.717) is 5.56 Å². The molecule has 0 bridgehead atoms. The SMILES string of the molecule is FC(F)(F)c1ccc(-c2cccc[nH+]2)cn1.[Cl-].[Cl-]. The third-order valence-corrected chi connectivity index (χ3v) is 2.07. The molecule has 0 fully saturated rings. The second-order valence-electron chi connectivity index (χ2n) is 3.21. The Hall–Kier alpha value is -1.33. The smallest absolute Gasteiger partial charge is 0.433 e. The fraction of sp³-hybridized carbons (Fsp3) is 0.0909. The molecule has 2 aromatic heterocycles. The zero-order valence-electron chi connectivity index (χ0n) is 8.88. The summed E-state index contributed by atoms with van der Waals surface area (Å²) in [6, 6.07) is 7.71. The largest absolute Gasteiger partial charge is 1.00 e. The monoisotopic (exact) mass is 295 g/mol. The lowest BCUT2D eigenvalue weighted by atomic mass is 10.2. The van der Waals surface area contributed by atoms with Gasteiger partial charge in [-0.1, -0.05) is 0 Å². The number of pyridine rings is 2. The summed E-state index contributed by atoms with van der Waals surface area (Å²) in [5.74, 6) is 0. The maximum Gasteiger partial charge on any atom is 0.433 e. The normalized spacial score (nSPS) is 10.2. The lowest BCUT2D eigenvalue weighted by molar-refractivity contribution is -0.364. The van der Waals surface area contributed by atoms with Crippen LogP contribution in [0.25, 0.3) is 11.3 Å². The molecule has 0 saturated heterocycles. The molecule has 2 heterocycles. The van der Waals surface area contributed by atoms with Crippen molar-refractivity contribution in [1.29, 1.82) is 0 Å². The molecule has 0 aliphatic rings. The van der Waals surface area contributed by atoms with Crippen molar-refractivity contribution in [2.45, 2.75) is 6.18 Å². The molecule has 0 radical (unpaired) electrons. The Bertz CT molecular complexity index is 472. The van der Waals surface area contributed by atoms with Crippen LogP contribution < -0.4 is 29.8 Å². The molecule has 98 valence electrons. The van der Waals surface area contributed by atoms with E-state index in [-0.39, 0.29) is 24.8 Å². The number of H-pyrrole nitrogens is 1. The molecular weight excluding hydrogens is 288 g/mol. The number of aromatic amines is 1. The van der Waals surface area contributed by atoms with Crippen LogP contribution in [0.5, 0.6) is 0 Å². The summed E-state index contributed by atoms with van der Waals surface area (Å²) >= 11 is 0. The van der Waals surface area contributed by atoms with E-state index in [9.17, 15) is 13.2 Å². The average Bonchev–Trinajstić information content (AvgIpc) is 2.29. The molecule has 0 unspecified atom stereocenters. The summed E-state index contributed by atoms with van der Waals surface area (Å²) in [4.78, 5) is 6.30. The van der Waals surface area contributed by atoms with E-state index in [0.717, 1.165) is 11.8 Å². The van der Waals surface area contributed by atoms with Crippen molar-refractivity contribution in [2.24, 2.45) is 0 Å². The minimum atomic E-state index is -4.39. The van der Waals surface area contributed by atoms with E-state index < -0.39 is 11.9 Å². The zero-order valence-corrected chi connectivity index (χ0v) is 10.4. The highest BCUT2D eigenvalue weighted by Gasteiger charge is 2.32. The van der Waals surface area contributed by atoms with Gasteiger partial charge in [0.15, 0.2) is 6.20 Å². The van der Waals surface area contributed by atoms with E-state index in [1.54, 1.807) is 24.4 Å². The standard InChI is InChI=1S/C11H7F3N2.2ClH/c12-11(13,14)10-5-4-8(7-16-10)9-3-1-2-6-15-9;;/h1-7H;2*1H/p-1. The maximum absolute atomic E-state index is 12.3. The molecule has 0 aromatic carbocycles. The Morgan fingerprint density at radius 3 is 2.17 bits per heavy atom. The zero-order chi connectivity index (χ0) is 11.6. The van der Waals surface area contributed by atoms with Gasteiger partial charge in [-0.15, -0.1) is 0 Å². The molecule has 1 N–H and O–H groups in total. The Balaban J connectivity index is 0.00000144. The van der Waals surface area contributed by atoms with Crippen molar-refractivity contribution >= 4 is 0 Å². The minimum absolute atomic E-state index is 0. The van der Waals surface area contributed by atoms with Gasteiger partial charge < -0.3 is 24.8 Å². The van der Waals surface area contributed by atoms with Gasteiger partial charge >= 0.3 is 6.18 Å². The first-order valence-electron chi connectivity index (χ1n) is 4.58. The number of alkyl halides is 3. The quantitative estimate of drug-likeness (QED) is 0.539. The summed E-state index contributed by atoms with van der Waals surface area (Å²) in [7, 11) is 0. The highest BCUT2D eigenvalue weighted by Crippen LogP contribution is 2.28. The van der Waals surface area contributed by atoms with E-state index >= 15 is 0 Å². The van der Waals surface area contributed by atoms with E-state index in [1.807, 2.05) is 0 Å². The maximum atomic E-state index is 12.3. The van der Waals surface area contributed by atoms with Gasteiger partial charge in [-0.05, 0) is 18.2 Å². The van der Waals surface area contributed by atoms with Crippen molar-refractivity contribution in [1.82, 2.24) is 4.98 Å². The molecule has 18 heavy (non-hydrogen) atoms. The third kappa shape index (κ3) is 3.85. The van der Waals surface area contributed by atoms with E-state index in [1.165, 1.54) is 12.3 Å². The predicted molar refractivity (Wildman–Crippen MR) is 51.2 cm³/mol. The number of hydrogen-bond donors (Lipinski definition) is 0. The molecule has 2 rings (SSSR count).